The molecular formula is C24H29BrCl2N2O3. The first-order valence-electron chi connectivity index (χ1n) is 10.5. The van der Waals surface area contributed by atoms with Crippen molar-refractivity contribution < 1.29 is 14.3 Å². The minimum atomic E-state index is -0.735. The summed E-state index contributed by atoms with van der Waals surface area (Å²) < 4.78 is 6.79. The molecule has 0 spiro atoms. The number of hydrogen-bond acceptors (Lipinski definition) is 3. The predicted octanol–water partition coefficient (Wildman–Crippen LogP) is 6.08. The first kappa shape index (κ1) is 26.5. The quantitative estimate of drug-likeness (QED) is 0.416. The van der Waals surface area contributed by atoms with Gasteiger partial charge in [-0.1, -0.05) is 52.1 Å². The van der Waals surface area contributed by atoms with Gasteiger partial charge in [-0.15, -0.1) is 0 Å². The molecule has 0 saturated heterocycles. The van der Waals surface area contributed by atoms with Crippen LogP contribution < -0.4 is 10.1 Å². The van der Waals surface area contributed by atoms with Crippen molar-refractivity contribution in [3.05, 3.63) is 61.5 Å². The lowest BCUT2D eigenvalue weighted by Crippen LogP contribution is -2.50. The molecule has 0 aliphatic heterocycles. The predicted molar refractivity (Wildman–Crippen MR) is 133 cm³/mol. The third-order valence-electron chi connectivity index (χ3n) is 5.33. The Morgan fingerprint density at radius 3 is 2.22 bits per heavy atom. The van der Waals surface area contributed by atoms with E-state index >= 15 is 0 Å². The molecule has 2 rings (SSSR count). The number of aryl methyl sites for hydroxylation is 2. The summed E-state index contributed by atoms with van der Waals surface area (Å²) in [5, 5.41) is 3.80. The smallest absolute Gasteiger partial charge is 0.261 e. The number of hydrogen-bond donors (Lipinski definition) is 1. The lowest BCUT2D eigenvalue weighted by Gasteiger charge is -2.30. The SMILES string of the molecule is CC[C@@H](C)NC(=O)[C@H](C)N(Cc1c(Cl)cccc1Cl)C(=O)COc1cc(C)c(Br)c(C)c1. The monoisotopic (exact) mass is 542 g/mol. The number of carbonyl (C=O) groups is 2. The van der Waals surface area contributed by atoms with E-state index in [1.54, 1.807) is 25.1 Å². The van der Waals surface area contributed by atoms with Crippen molar-refractivity contribution >= 4 is 50.9 Å². The maximum atomic E-state index is 13.2. The number of carbonyl (C=O) groups excluding carboxylic acids is 2. The van der Waals surface area contributed by atoms with Crippen LogP contribution in [-0.4, -0.2) is 35.4 Å². The Kier molecular flexibility index (Phi) is 9.86. The topological polar surface area (TPSA) is 58.6 Å². The second-order valence-electron chi connectivity index (χ2n) is 7.88. The third-order valence-corrected chi connectivity index (χ3v) is 7.29. The summed E-state index contributed by atoms with van der Waals surface area (Å²) in [6.07, 6.45) is 0.786. The highest BCUT2D eigenvalue weighted by atomic mass is 79.9. The molecule has 0 bridgehead atoms. The molecule has 0 fully saturated rings. The fourth-order valence-corrected chi connectivity index (χ4v) is 3.87. The van der Waals surface area contributed by atoms with Gasteiger partial charge in [0.1, 0.15) is 11.8 Å². The zero-order valence-corrected chi connectivity index (χ0v) is 22.1. The molecule has 0 aliphatic rings. The molecule has 0 unspecified atom stereocenters. The summed E-state index contributed by atoms with van der Waals surface area (Å²) in [7, 11) is 0. The van der Waals surface area contributed by atoms with Crippen LogP contribution in [0.3, 0.4) is 0 Å². The zero-order chi connectivity index (χ0) is 24.0. The lowest BCUT2D eigenvalue weighted by atomic mass is 10.1. The van der Waals surface area contributed by atoms with Gasteiger partial charge in [-0.05, 0) is 69.5 Å². The van der Waals surface area contributed by atoms with Crippen molar-refractivity contribution in [3.8, 4) is 5.75 Å². The summed E-state index contributed by atoms with van der Waals surface area (Å²) in [6, 6.07) is 8.13. The van der Waals surface area contributed by atoms with E-state index in [2.05, 4.69) is 21.2 Å². The highest BCUT2D eigenvalue weighted by Gasteiger charge is 2.28. The van der Waals surface area contributed by atoms with E-state index in [1.165, 1.54) is 4.90 Å². The zero-order valence-electron chi connectivity index (χ0n) is 19.0. The number of benzene rings is 2. The maximum absolute atomic E-state index is 13.2. The molecule has 2 amide bonds. The average molecular weight is 544 g/mol. The van der Waals surface area contributed by atoms with Gasteiger partial charge in [0, 0.05) is 32.7 Å². The third kappa shape index (κ3) is 6.87. The number of nitrogens with zero attached hydrogens (tertiary/aromatic N) is 1. The van der Waals surface area contributed by atoms with Gasteiger partial charge >= 0.3 is 0 Å². The van der Waals surface area contributed by atoms with Gasteiger partial charge in [-0.2, -0.15) is 0 Å². The van der Waals surface area contributed by atoms with E-state index in [-0.39, 0.29) is 31.0 Å². The van der Waals surface area contributed by atoms with Gasteiger partial charge < -0.3 is 15.0 Å². The molecular weight excluding hydrogens is 515 g/mol. The van der Waals surface area contributed by atoms with E-state index in [4.69, 9.17) is 27.9 Å². The molecule has 2 atom stereocenters. The average Bonchev–Trinajstić information content (AvgIpc) is 2.74. The van der Waals surface area contributed by atoms with Crippen LogP contribution in [0.2, 0.25) is 10.0 Å². The van der Waals surface area contributed by atoms with Crippen molar-refractivity contribution in [2.75, 3.05) is 6.61 Å². The molecule has 32 heavy (non-hydrogen) atoms. The second kappa shape index (κ2) is 11.9. The van der Waals surface area contributed by atoms with Gasteiger partial charge in [0.2, 0.25) is 5.91 Å². The number of ether oxygens (including phenoxy) is 1. The summed E-state index contributed by atoms with van der Waals surface area (Å²) in [6.45, 7) is 9.38. The number of amides is 2. The largest absolute Gasteiger partial charge is 0.484 e. The molecule has 0 saturated carbocycles. The van der Waals surface area contributed by atoms with Crippen molar-refractivity contribution in [3.63, 3.8) is 0 Å². The number of nitrogens with one attached hydrogen (secondary N) is 1. The summed E-state index contributed by atoms with van der Waals surface area (Å²) in [4.78, 5) is 27.5. The van der Waals surface area contributed by atoms with Crippen LogP contribution in [0.15, 0.2) is 34.8 Å². The first-order valence-corrected chi connectivity index (χ1v) is 12.0. The Balaban J connectivity index is 2.26. The van der Waals surface area contributed by atoms with E-state index in [1.807, 2.05) is 39.8 Å². The van der Waals surface area contributed by atoms with Gasteiger partial charge in [-0.25, -0.2) is 0 Å². The first-order chi connectivity index (χ1) is 15.0. The van der Waals surface area contributed by atoms with E-state index in [0.29, 0.717) is 21.4 Å². The van der Waals surface area contributed by atoms with Crippen LogP contribution in [0, 0.1) is 13.8 Å². The van der Waals surface area contributed by atoms with Crippen molar-refractivity contribution in [1.82, 2.24) is 10.2 Å². The molecule has 2 aromatic rings. The minimum absolute atomic E-state index is 0.00392. The Morgan fingerprint density at radius 2 is 1.69 bits per heavy atom. The van der Waals surface area contributed by atoms with Crippen LogP contribution in [-0.2, 0) is 16.1 Å². The van der Waals surface area contributed by atoms with Gasteiger partial charge in [0.15, 0.2) is 6.61 Å². The minimum Gasteiger partial charge on any atom is -0.484 e. The Hall–Kier alpha value is -1.76. The fraction of sp³-hybridized carbons (Fsp3) is 0.417. The van der Waals surface area contributed by atoms with Crippen molar-refractivity contribution in [2.24, 2.45) is 0 Å². The van der Waals surface area contributed by atoms with Crippen LogP contribution in [0.5, 0.6) is 5.75 Å². The second-order valence-corrected chi connectivity index (χ2v) is 9.48. The molecule has 0 aromatic heterocycles. The van der Waals surface area contributed by atoms with Crippen LogP contribution in [0.1, 0.15) is 43.9 Å². The Morgan fingerprint density at radius 1 is 1.12 bits per heavy atom. The van der Waals surface area contributed by atoms with Crippen molar-refractivity contribution in [1.29, 1.82) is 0 Å². The molecule has 8 heteroatoms. The highest BCUT2D eigenvalue weighted by Crippen LogP contribution is 2.28. The summed E-state index contributed by atoms with van der Waals surface area (Å²) in [5.74, 6) is 0.00112. The molecule has 5 nitrogen and oxygen atoms in total. The fourth-order valence-electron chi connectivity index (χ4n) is 3.12. The van der Waals surface area contributed by atoms with Crippen LogP contribution >= 0.6 is 39.1 Å². The molecule has 174 valence electrons. The molecule has 0 aliphatic carbocycles. The molecule has 0 radical (unpaired) electrons. The van der Waals surface area contributed by atoms with Crippen LogP contribution in [0.4, 0.5) is 0 Å². The highest BCUT2D eigenvalue weighted by molar-refractivity contribution is 9.10. The normalized spacial score (nSPS) is 12.8. The van der Waals surface area contributed by atoms with E-state index < -0.39 is 6.04 Å². The van der Waals surface area contributed by atoms with Gasteiger partial charge in [-0.3, -0.25) is 9.59 Å². The Labute approximate surface area is 208 Å². The van der Waals surface area contributed by atoms with Crippen molar-refractivity contribution in [2.45, 2.75) is 59.7 Å². The number of halogens is 3. The number of rotatable bonds is 9. The Bertz CT molecular complexity index is 940. The van der Waals surface area contributed by atoms with Crippen LogP contribution in [0.25, 0.3) is 0 Å². The standard InChI is InChI=1S/C24H29BrCl2N2O3/c1-6-16(4)28-24(31)17(5)29(12-19-20(26)8-7-9-21(19)27)22(30)13-32-18-10-14(2)23(25)15(3)11-18/h7-11,16-17H,6,12-13H2,1-5H3,(H,28,31)/t16-,17+/m1/s1. The molecule has 1 N–H and O–H groups in total. The van der Waals surface area contributed by atoms with Gasteiger partial charge in [0.05, 0.1) is 0 Å². The summed E-state index contributed by atoms with van der Waals surface area (Å²) >= 11 is 16.2. The van der Waals surface area contributed by atoms with Gasteiger partial charge in [0.25, 0.3) is 5.91 Å². The summed E-state index contributed by atoms with van der Waals surface area (Å²) in [5.41, 5.74) is 2.60. The molecule has 0 heterocycles. The lowest BCUT2D eigenvalue weighted by molar-refractivity contribution is -0.142. The maximum Gasteiger partial charge on any atom is 0.261 e. The molecule has 2 aromatic carbocycles. The van der Waals surface area contributed by atoms with E-state index in [0.717, 1.165) is 22.0 Å². The van der Waals surface area contributed by atoms with E-state index in [9.17, 15) is 9.59 Å².